The smallest absolute Gasteiger partial charge is 0.170 e. The second-order valence-corrected chi connectivity index (χ2v) is 6.33. The van der Waals surface area contributed by atoms with Gasteiger partial charge in [0.1, 0.15) is 17.2 Å². The summed E-state index contributed by atoms with van der Waals surface area (Å²) in [5.41, 5.74) is 2.14. The molecule has 0 aliphatic heterocycles. The van der Waals surface area contributed by atoms with Crippen molar-refractivity contribution >= 4 is 23.0 Å². The van der Waals surface area contributed by atoms with Gasteiger partial charge in [-0.3, -0.25) is 0 Å². The van der Waals surface area contributed by atoms with Crippen molar-refractivity contribution in [2.75, 3.05) is 19.0 Å². The quantitative estimate of drug-likeness (QED) is 0.565. The maximum absolute atomic E-state index is 5.78. The first-order valence-corrected chi connectivity index (χ1v) is 9.14. The van der Waals surface area contributed by atoms with Crippen LogP contribution in [-0.4, -0.2) is 18.8 Å². The Morgan fingerprint density at radius 3 is 2.11 bits per heavy atom. The van der Waals surface area contributed by atoms with Crippen LogP contribution in [-0.2, 0) is 6.42 Å². The highest BCUT2D eigenvalue weighted by Gasteiger charge is 2.01. The van der Waals surface area contributed by atoms with Gasteiger partial charge in [0, 0.05) is 12.2 Å². The molecule has 3 rings (SSSR count). The number of nitrogens with one attached hydrogen (secondary N) is 2. The molecule has 0 aromatic heterocycles. The van der Waals surface area contributed by atoms with E-state index in [0.717, 1.165) is 35.9 Å². The van der Waals surface area contributed by atoms with Gasteiger partial charge in [-0.15, -0.1) is 0 Å². The van der Waals surface area contributed by atoms with Gasteiger partial charge in [0.25, 0.3) is 0 Å². The predicted molar refractivity (Wildman–Crippen MR) is 114 cm³/mol. The molecule has 0 unspecified atom stereocenters. The Balaban J connectivity index is 1.43. The van der Waals surface area contributed by atoms with Gasteiger partial charge in [0.2, 0.25) is 0 Å². The van der Waals surface area contributed by atoms with Crippen LogP contribution in [0.5, 0.6) is 17.2 Å². The maximum Gasteiger partial charge on any atom is 0.170 e. The summed E-state index contributed by atoms with van der Waals surface area (Å²) in [5, 5.41) is 7.00. The van der Waals surface area contributed by atoms with Crippen molar-refractivity contribution in [1.29, 1.82) is 0 Å². The molecule has 3 aromatic carbocycles. The van der Waals surface area contributed by atoms with Crippen molar-refractivity contribution in [3.63, 3.8) is 0 Å². The summed E-state index contributed by atoms with van der Waals surface area (Å²) in [5.74, 6) is 2.46. The molecular weight excluding hydrogens is 356 g/mol. The lowest BCUT2D eigenvalue weighted by Crippen LogP contribution is -2.30. The Bertz CT molecular complexity index is 850. The molecule has 27 heavy (non-hydrogen) atoms. The highest BCUT2D eigenvalue weighted by molar-refractivity contribution is 7.80. The molecule has 0 aliphatic rings. The minimum absolute atomic E-state index is 0.597. The molecule has 0 fully saturated rings. The second kappa shape index (κ2) is 9.59. The molecule has 3 aromatic rings. The Labute approximate surface area is 165 Å². The topological polar surface area (TPSA) is 42.5 Å². The van der Waals surface area contributed by atoms with Gasteiger partial charge < -0.3 is 20.1 Å². The molecule has 138 valence electrons. The summed E-state index contributed by atoms with van der Waals surface area (Å²) in [6.07, 6.45) is 0.885. The van der Waals surface area contributed by atoms with Crippen LogP contribution in [0.1, 0.15) is 5.56 Å². The van der Waals surface area contributed by atoms with Gasteiger partial charge in [0.15, 0.2) is 5.11 Å². The monoisotopic (exact) mass is 378 g/mol. The molecule has 0 amide bonds. The Morgan fingerprint density at radius 2 is 1.44 bits per heavy atom. The number of ether oxygens (including phenoxy) is 2. The van der Waals surface area contributed by atoms with Crippen molar-refractivity contribution in [3.05, 3.63) is 84.4 Å². The van der Waals surface area contributed by atoms with Gasteiger partial charge in [-0.25, -0.2) is 0 Å². The zero-order valence-electron chi connectivity index (χ0n) is 15.1. The number of anilines is 1. The predicted octanol–water partition coefficient (Wildman–Crippen LogP) is 5.02. The second-order valence-electron chi connectivity index (χ2n) is 5.92. The third kappa shape index (κ3) is 6.01. The van der Waals surface area contributed by atoms with Crippen LogP contribution in [0.2, 0.25) is 0 Å². The highest BCUT2D eigenvalue weighted by atomic mass is 32.1. The van der Waals surface area contributed by atoms with Gasteiger partial charge in [-0.2, -0.15) is 0 Å². The average Bonchev–Trinajstić information content (AvgIpc) is 2.71. The molecule has 0 bridgehead atoms. The maximum atomic E-state index is 5.78. The molecule has 0 heterocycles. The third-order valence-corrected chi connectivity index (χ3v) is 4.20. The Kier molecular flexibility index (Phi) is 6.66. The van der Waals surface area contributed by atoms with Crippen LogP contribution in [0.4, 0.5) is 5.69 Å². The fourth-order valence-corrected chi connectivity index (χ4v) is 2.74. The molecule has 0 spiro atoms. The molecule has 0 atom stereocenters. The van der Waals surface area contributed by atoms with Gasteiger partial charge in [-0.05, 0) is 72.7 Å². The van der Waals surface area contributed by atoms with Crippen LogP contribution >= 0.6 is 12.2 Å². The number of rotatable bonds is 7. The van der Waals surface area contributed by atoms with E-state index in [1.54, 1.807) is 7.11 Å². The van der Waals surface area contributed by atoms with Crippen molar-refractivity contribution in [3.8, 4) is 17.2 Å². The fraction of sp³-hybridized carbons (Fsp3) is 0.136. The van der Waals surface area contributed by atoms with Crippen LogP contribution in [0.15, 0.2) is 78.9 Å². The van der Waals surface area contributed by atoms with E-state index < -0.39 is 0 Å². The van der Waals surface area contributed by atoms with Crippen molar-refractivity contribution < 1.29 is 9.47 Å². The van der Waals surface area contributed by atoms with E-state index in [0.29, 0.717) is 5.11 Å². The first-order chi connectivity index (χ1) is 13.2. The molecular formula is C22H22N2O2S. The number of methoxy groups -OCH3 is 1. The summed E-state index contributed by atoms with van der Waals surface area (Å²) in [6, 6.07) is 25.4. The number of hydrogen-bond acceptors (Lipinski definition) is 3. The molecule has 0 aliphatic carbocycles. The van der Waals surface area contributed by atoms with Crippen molar-refractivity contribution in [1.82, 2.24) is 5.32 Å². The summed E-state index contributed by atoms with van der Waals surface area (Å²) < 4.78 is 10.9. The first kappa shape index (κ1) is 18.7. The zero-order chi connectivity index (χ0) is 18.9. The van der Waals surface area contributed by atoms with Gasteiger partial charge >= 0.3 is 0 Å². The molecule has 4 nitrogen and oxygen atoms in total. The average molecular weight is 378 g/mol. The SMILES string of the molecule is COc1ccc(CCNC(=S)Nc2ccc(Oc3ccccc3)cc2)cc1. The molecule has 0 saturated carbocycles. The third-order valence-electron chi connectivity index (χ3n) is 3.95. The van der Waals surface area contributed by atoms with E-state index in [1.807, 2.05) is 66.7 Å². The van der Waals surface area contributed by atoms with Crippen LogP contribution in [0.25, 0.3) is 0 Å². The van der Waals surface area contributed by atoms with E-state index in [2.05, 4.69) is 22.8 Å². The van der Waals surface area contributed by atoms with Crippen LogP contribution in [0.3, 0.4) is 0 Å². The first-order valence-electron chi connectivity index (χ1n) is 8.74. The zero-order valence-corrected chi connectivity index (χ0v) is 16.0. The molecule has 5 heteroatoms. The lowest BCUT2D eigenvalue weighted by molar-refractivity contribution is 0.414. The van der Waals surface area contributed by atoms with E-state index in [9.17, 15) is 0 Å². The highest BCUT2D eigenvalue weighted by Crippen LogP contribution is 2.22. The lowest BCUT2D eigenvalue weighted by atomic mass is 10.1. The number of thiocarbonyl (C=S) groups is 1. The van der Waals surface area contributed by atoms with Crippen molar-refractivity contribution in [2.45, 2.75) is 6.42 Å². The number of hydrogen-bond donors (Lipinski definition) is 2. The van der Waals surface area contributed by atoms with Crippen LogP contribution in [0, 0.1) is 0 Å². The Hall–Kier alpha value is -3.05. The van der Waals surface area contributed by atoms with Crippen LogP contribution < -0.4 is 20.1 Å². The van der Waals surface area contributed by atoms with Gasteiger partial charge in [-0.1, -0.05) is 30.3 Å². The minimum Gasteiger partial charge on any atom is -0.497 e. The van der Waals surface area contributed by atoms with E-state index in [4.69, 9.17) is 21.7 Å². The van der Waals surface area contributed by atoms with E-state index in [-0.39, 0.29) is 0 Å². The summed E-state index contributed by atoms with van der Waals surface area (Å²) in [6.45, 7) is 0.757. The summed E-state index contributed by atoms with van der Waals surface area (Å²) >= 11 is 5.36. The lowest BCUT2D eigenvalue weighted by Gasteiger charge is -2.11. The molecule has 2 N–H and O–H groups in total. The largest absolute Gasteiger partial charge is 0.497 e. The number of benzene rings is 3. The number of para-hydroxylation sites is 1. The Morgan fingerprint density at radius 1 is 0.815 bits per heavy atom. The standard InChI is InChI=1S/C22H22N2O2S/c1-25-19-11-7-17(8-12-19)15-16-23-22(27)24-18-9-13-21(14-10-18)26-20-5-3-2-4-6-20/h2-14H,15-16H2,1H3,(H2,23,24,27). The summed E-state index contributed by atoms with van der Waals surface area (Å²) in [4.78, 5) is 0. The summed E-state index contributed by atoms with van der Waals surface area (Å²) in [7, 11) is 1.67. The normalized spacial score (nSPS) is 10.1. The fourth-order valence-electron chi connectivity index (χ4n) is 2.52. The van der Waals surface area contributed by atoms with E-state index >= 15 is 0 Å². The van der Waals surface area contributed by atoms with Crippen molar-refractivity contribution in [2.24, 2.45) is 0 Å². The van der Waals surface area contributed by atoms with E-state index in [1.165, 1.54) is 5.56 Å². The molecule has 0 saturated heterocycles. The molecule has 0 radical (unpaired) electrons. The van der Waals surface area contributed by atoms with Gasteiger partial charge in [0.05, 0.1) is 7.11 Å². The minimum atomic E-state index is 0.597.